The first-order chi connectivity index (χ1) is 10.7. The molecule has 4 nitrogen and oxygen atoms in total. The van der Waals surface area contributed by atoms with E-state index < -0.39 is 0 Å². The van der Waals surface area contributed by atoms with Crippen molar-refractivity contribution >= 4 is 43.8 Å². The van der Waals surface area contributed by atoms with Gasteiger partial charge in [-0.25, -0.2) is 4.98 Å². The minimum atomic E-state index is -0.0865. The molecule has 22 heavy (non-hydrogen) atoms. The zero-order chi connectivity index (χ0) is 15.1. The van der Waals surface area contributed by atoms with Crippen LogP contribution in [0.25, 0.3) is 10.1 Å². The maximum absolute atomic E-state index is 12.4. The van der Waals surface area contributed by atoms with Crippen LogP contribution in [0.4, 0.5) is 5.13 Å². The van der Waals surface area contributed by atoms with Crippen molar-refractivity contribution < 1.29 is 4.79 Å². The Balaban J connectivity index is 1.56. The second kappa shape index (κ2) is 5.46. The third kappa shape index (κ3) is 2.54. The molecule has 0 spiro atoms. The summed E-state index contributed by atoms with van der Waals surface area (Å²) in [5, 5.41) is 4.71. The average Bonchev–Trinajstić information content (AvgIpc) is 3.09. The summed E-state index contributed by atoms with van der Waals surface area (Å²) in [6.45, 7) is 0. The maximum atomic E-state index is 12.4. The first kappa shape index (κ1) is 13.9. The van der Waals surface area contributed by atoms with E-state index in [1.54, 1.807) is 11.3 Å². The first-order valence-corrected chi connectivity index (χ1v) is 8.86. The summed E-state index contributed by atoms with van der Waals surface area (Å²) in [5.74, 6) is -0.0865. The molecule has 3 N–H and O–H groups in total. The standard InChI is InChI=1S/C16H15N3OS2/c17-10-5-6-11-13(8-10)22-16(18-11)19-15(20)14-7-9-3-1-2-4-12(9)21-14/h1-4,7,10H,5-6,8,17H2,(H,18,19,20)/t10-/m0/s1. The quantitative estimate of drug-likeness (QED) is 0.757. The van der Waals surface area contributed by atoms with E-state index in [9.17, 15) is 4.79 Å². The van der Waals surface area contributed by atoms with Gasteiger partial charge in [-0.15, -0.1) is 22.7 Å². The SMILES string of the molecule is N[C@H]1CCc2nc(NC(=O)c3cc4ccccc4s3)sc2C1. The number of amides is 1. The lowest BCUT2D eigenvalue weighted by Crippen LogP contribution is -2.26. The molecular formula is C16H15N3OS2. The predicted molar refractivity (Wildman–Crippen MR) is 91.9 cm³/mol. The minimum absolute atomic E-state index is 0.0865. The Bertz CT molecular complexity index is 819. The normalized spacial score (nSPS) is 17.4. The third-order valence-corrected chi connectivity index (χ3v) is 6.00. The van der Waals surface area contributed by atoms with Crippen LogP contribution in [0.15, 0.2) is 30.3 Å². The molecule has 3 aromatic rings. The Labute approximate surface area is 136 Å². The fourth-order valence-corrected chi connectivity index (χ4v) is 4.76. The maximum Gasteiger partial charge on any atom is 0.267 e. The lowest BCUT2D eigenvalue weighted by molar-refractivity contribution is 0.103. The van der Waals surface area contributed by atoms with Gasteiger partial charge in [0.15, 0.2) is 5.13 Å². The fourth-order valence-electron chi connectivity index (χ4n) is 2.71. The third-order valence-electron chi connectivity index (χ3n) is 3.85. The highest BCUT2D eigenvalue weighted by Crippen LogP contribution is 2.30. The summed E-state index contributed by atoms with van der Waals surface area (Å²) in [6.07, 6.45) is 2.75. The number of benzene rings is 1. The van der Waals surface area contributed by atoms with Gasteiger partial charge in [-0.1, -0.05) is 18.2 Å². The Morgan fingerprint density at radius 1 is 1.32 bits per heavy atom. The summed E-state index contributed by atoms with van der Waals surface area (Å²) >= 11 is 3.06. The van der Waals surface area contributed by atoms with Gasteiger partial charge in [-0.3, -0.25) is 10.1 Å². The van der Waals surface area contributed by atoms with E-state index in [0.29, 0.717) is 10.0 Å². The number of hydrogen-bond donors (Lipinski definition) is 2. The molecule has 4 rings (SSSR count). The Morgan fingerprint density at radius 2 is 2.18 bits per heavy atom. The van der Waals surface area contributed by atoms with Crippen LogP contribution in [0.3, 0.4) is 0 Å². The summed E-state index contributed by atoms with van der Waals surface area (Å²) in [7, 11) is 0. The van der Waals surface area contributed by atoms with Gasteiger partial charge in [0.2, 0.25) is 0 Å². The molecule has 2 aromatic heterocycles. The summed E-state index contributed by atoms with van der Waals surface area (Å²) in [5.41, 5.74) is 7.08. The van der Waals surface area contributed by atoms with Crippen LogP contribution in [-0.2, 0) is 12.8 Å². The molecule has 0 saturated carbocycles. The van der Waals surface area contributed by atoms with Crippen molar-refractivity contribution in [2.75, 3.05) is 5.32 Å². The number of thiophene rings is 1. The number of nitrogens with one attached hydrogen (secondary N) is 1. The van der Waals surface area contributed by atoms with Crippen LogP contribution in [0.1, 0.15) is 26.7 Å². The van der Waals surface area contributed by atoms with E-state index in [4.69, 9.17) is 5.73 Å². The number of carbonyl (C=O) groups excluding carboxylic acids is 1. The second-order valence-corrected chi connectivity index (χ2v) is 7.66. The molecule has 1 aliphatic carbocycles. The van der Waals surface area contributed by atoms with Crippen molar-refractivity contribution in [1.29, 1.82) is 0 Å². The monoisotopic (exact) mass is 329 g/mol. The lowest BCUT2D eigenvalue weighted by Gasteiger charge is -2.15. The first-order valence-electron chi connectivity index (χ1n) is 7.23. The molecule has 0 unspecified atom stereocenters. The van der Waals surface area contributed by atoms with Crippen molar-refractivity contribution in [3.05, 3.63) is 45.8 Å². The summed E-state index contributed by atoms with van der Waals surface area (Å²) < 4.78 is 1.12. The number of fused-ring (bicyclic) bond motifs is 2. The number of anilines is 1. The molecule has 1 aliphatic rings. The lowest BCUT2D eigenvalue weighted by atomic mass is 9.99. The van der Waals surface area contributed by atoms with Gasteiger partial charge >= 0.3 is 0 Å². The number of hydrogen-bond acceptors (Lipinski definition) is 5. The van der Waals surface area contributed by atoms with Crippen molar-refractivity contribution in [1.82, 2.24) is 4.98 Å². The molecule has 0 radical (unpaired) electrons. The van der Waals surface area contributed by atoms with Crippen LogP contribution in [0, 0.1) is 0 Å². The Hall–Kier alpha value is -1.76. The van der Waals surface area contributed by atoms with E-state index in [1.807, 2.05) is 30.3 Å². The number of nitrogens with two attached hydrogens (primary N) is 1. The zero-order valence-electron chi connectivity index (χ0n) is 11.8. The molecule has 0 aliphatic heterocycles. The van der Waals surface area contributed by atoms with Crippen LogP contribution in [0.2, 0.25) is 0 Å². The van der Waals surface area contributed by atoms with Crippen LogP contribution >= 0.6 is 22.7 Å². The number of thiazole rings is 1. The molecule has 1 aromatic carbocycles. The molecule has 112 valence electrons. The van der Waals surface area contributed by atoms with Crippen molar-refractivity contribution in [3.8, 4) is 0 Å². The average molecular weight is 329 g/mol. The topological polar surface area (TPSA) is 68.0 Å². The van der Waals surface area contributed by atoms with E-state index in [-0.39, 0.29) is 11.9 Å². The minimum Gasteiger partial charge on any atom is -0.327 e. The van der Waals surface area contributed by atoms with Gasteiger partial charge in [-0.05, 0) is 36.8 Å². The van der Waals surface area contributed by atoms with Crippen LogP contribution < -0.4 is 11.1 Å². The second-order valence-electron chi connectivity index (χ2n) is 5.49. The van der Waals surface area contributed by atoms with Crippen LogP contribution in [-0.4, -0.2) is 16.9 Å². The number of aryl methyl sites for hydroxylation is 1. The summed E-state index contributed by atoms with van der Waals surface area (Å²) in [4.78, 5) is 18.9. The van der Waals surface area contributed by atoms with E-state index in [1.165, 1.54) is 16.2 Å². The number of carbonyl (C=O) groups is 1. The number of nitrogens with zero attached hydrogens (tertiary/aromatic N) is 1. The summed E-state index contributed by atoms with van der Waals surface area (Å²) in [6, 6.07) is 10.2. The molecule has 2 heterocycles. The van der Waals surface area contributed by atoms with Crippen molar-refractivity contribution in [2.24, 2.45) is 5.73 Å². The van der Waals surface area contributed by atoms with E-state index in [0.717, 1.165) is 35.0 Å². The predicted octanol–water partition coefficient (Wildman–Crippen LogP) is 3.43. The van der Waals surface area contributed by atoms with E-state index >= 15 is 0 Å². The molecular weight excluding hydrogens is 314 g/mol. The number of rotatable bonds is 2. The van der Waals surface area contributed by atoms with Gasteiger partial charge in [-0.2, -0.15) is 0 Å². The molecule has 6 heteroatoms. The fraction of sp³-hybridized carbons (Fsp3) is 0.250. The van der Waals surface area contributed by atoms with Crippen molar-refractivity contribution in [2.45, 2.75) is 25.3 Å². The van der Waals surface area contributed by atoms with Crippen molar-refractivity contribution in [3.63, 3.8) is 0 Å². The smallest absolute Gasteiger partial charge is 0.267 e. The highest BCUT2D eigenvalue weighted by atomic mass is 32.1. The van der Waals surface area contributed by atoms with Gasteiger partial charge in [0.25, 0.3) is 5.91 Å². The molecule has 1 atom stereocenters. The van der Waals surface area contributed by atoms with Gasteiger partial charge in [0.1, 0.15) is 0 Å². The molecule has 1 amide bonds. The number of aromatic nitrogens is 1. The molecule has 0 saturated heterocycles. The highest BCUT2D eigenvalue weighted by molar-refractivity contribution is 7.21. The Morgan fingerprint density at radius 3 is 3.05 bits per heavy atom. The van der Waals surface area contributed by atoms with Gasteiger partial charge in [0.05, 0.1) is 10.6 Å². The molecule has 0 bridgehead atoms. The highest BCUT2D eigenvalue weighted by Gasteiger charge is 2.21. The van der Waals surface area contributed by atoms with E-state index in [2.05, 4.69) is 10.3 Å². The van der Waals surface area contributed by atoms with Gasteiger partial charge in [0, 0.05) is 15.6 Å². The largest absolute Gasteiger partial charge is 0.327 e. The zero-order valence-corrected chi connectivity index (χ0v) is 13.5. The van der Waals surface area contributed by atoms with Gasteiger partial charge < -0.3 is 5.73 Å². The Kier molecular flexibility index (Phi) is 3.44. The molecule has 0 fully saturated rings. The van der Waals surface area contributed by atoms with Crippen LogP contribution in [0.5, 0.6) is 0 Å².